The van der Waals surface area contributed by atoms with E-state index in [9.17, 15) is 0 Å². The predicted octanol–water partition coefficient (Wildman–Crippen LogP) is 5.75. The van der Waals surface area contributed by atoms with Crippen molar-refractivity contribution in [3.8, 4) is 11.5 Å². The van der Waals surface area contributed by atoms with Crippen LogP contribution in [0.4, 0.5) is 0 Å². The molecule has 0 aliphatic carbocycles. The minimum atomic E-state index is 0.499. The summed E-state index contributed by atoms with van der Waals surface area (Å²) in [7, 11) is 1.68. The van der Waals surface area contributed by atoms with E-state index in [4.69, 9.17) is 26.8 Å². The molecule has 0 saturated heterocycles. The molecule has 3 aromatic carbocycles. The molecule has 3 aromatic rings. The number of methoxy groups -OCH3 is 1. The van der Waals surface area contributed by atoms with Crippen LogP contribution in [0.25, 0.3) is 5.57 Å². The van der Waals surface area contributed by atoms with Gasteiger partial charge in [-0.1, -0.05) is 53.6 Å². The molecule has 0 aromatic heterocycles. The first kappa shape index (κ1) is 21.0. The first-order valence-electron chi connectivity index (χ1n) is 9.62. The number of hydrogen-bond acceptors (Lipinski definition) is 3. The molecule has 0 heterocycles. The lowest BCUT2D eigenvalue weighted by Gasteiger charge is -2.15. The van der Waals surface area contributed by atoms with Crippen LogP contribution in [0.2, 0.25) is 5.02 Å². The van der Waals surface area contributed by atoms with E-state index in [1.54, 1.807) is 7.11 Å². The Balaban J connectivity index is 1.97. The number of ether oxygens (including phenoxy) is 2. The summed E-state index contributed by atoms with van der Waals surface area (Å²) >= 11 is 6.11. The van der Waals surface area contributed by atoms with Crippen molar-refractivity contribution in [3.63, 3.8) is 0 Å². The second-order valence-electron chi connectivity index (χ2n) is 6.85. The first-order valence-corrected chi connectivity index (χ1v) is 10.0. The van der Waals surface area contributed by atoms with Gasteiger partial charge in [0, 0.05) is 11.6 Å². The van der Waals surface area contributed by atoms with Crippen LogP contribution in [0.1, 0.15) is 23.6 Å². The molecule has 29 heavy (non-hydrogen) atoms. The maximum absolute atomic E-state index is 6.11. The van der Waals surface area contributed by atoms with Gasteiger partial charge in [0.15, 0.2) is 0 Å². The van der Waals surface area contributed by atoms with Gasteiger partial charge in [0.2, 0.25) is 0 Å². The van der Waals surface area contributed by atoms with Crippen molar-refractivity contribution in [1.29, 1.82) is 0 Å². The minimum absolute atomic E-state index is 0.499. The Hall–Kier alpha value is -2.75. The van der Waals surface area contributed by atoms with Crippen molar-refractivity contribution in [1.82, 2.24) is 0 Å². The summed E-state index contributed by atoms with van der Waals surface area (Å²) in [6, 6.07) is 24.3. The highest BCUT2D eigenvalue weighted by atomic mass is 35.5. The van der Waals surface area contributed by atoms with Crippen LogP contribution in [0, 0.1) is 0 Å². The van der Waals surface area contributed by atoms with E-state index in [0.29, 0.717) is 13.2 Å². The van der Waals surface area contributed by atoms with Crippen molar-refractivity contribution in [2.75, 3.05) is 20.3 Å². The number of halogens is 1. The number of allylic oxidation sites excluding steroid dienone is 1. The number of benzene rings is 3. The zero-order chi connectivity index (χ0) is 20.6. The summed E-state index contributed by atoms with van der Waals surface area (Å²) in [6.07, 6.45) is 0.841. The van der Waals surface area contributed by atoms with Crippen molar-refractivity contribution >= 4 is 17.2 Å². The quantitative estimate of drug-likeness (QED) is 0.517. The van der Waals surface area contributed by atoms with Crippen molar-refractivity contribution < 1.29 is 9.47 Å². The molecule has 0 bridgehead atoms. The average Bonchev–Trinajstić information content (AvgIpc) is 2.75. The number of hydrogen-bond donors (Lipinski definition) is 1. The van der Waals surface area contributed by atoms with E-state index in [1.165, 1.54) is 16.7 Å². The lowest BCUT2D eigenvalue weighted by Crippen LogP contribution is -2.10. The molecular weight excluding hydrogens is 382 g/mol. The first-order chi connectivity index (χ1) is 14.1. The third-order valence-corrected chi connectivity index (χ3v) is 4.97. The Morgan fingerprint density at radius 2 is 1.38 bits per heavy atom. The van der Waals surface area contributed by atoms with Gasteiger partial charge in [-0.3, -0.25) is 0 Å². The predicted molar refractivity (Wildman–Crippen MR) is 121 cm³/mol. The van der Waals surface area contributed by atoms with E-state index >= 15 is 0 Å². The Kier molecular flexibility index (Phi) is 7.34. The molecule has 0 fully saturated rings. The molecule has 0 saturated carbocycles. The SMILES string of the molecule is COc1ccc(C/C(C)=C(\c2ccc(Cl)cc2)c2ccc(OCCN)cc2)cc1. The Morgan fingerprint density at radius 1 is 0.828 bits per heavy atom. The maximum atomic E-state index is 6.11. The minimum Gasteiger partial charge on any atom is -0.497 e. The highest BCUT2D eigenvalue weighted by Crippen LogP contribution is 2.31. The van der Waals surface area contributed by atoms with Gasteiger partial charge in [0.05, 0.1) is 7.11 Å². The fraction of sp³-hybridized carbons (Fsp3) is 0.200. The molecule has 150 valence electrons. The van der Waals surface area contributed by atoms with Gasteiger partial charge in [-0.2, -0.15) is 0 Å². The molecule has 2 N–H and O–H groups in total. The van der Waals surface area contributed by atoms with E-state index in [1.807, 2.05) is 36.4 Å². The van der Waals surface area contributed by atoms with Gasteiger partial charge < -0.3 is 15.2 Å². The fourth-order valence-electron chi connectivity index (χ4n) is 3.31. The summed E-state index contributed by atoms with van der Waals surface area (Å²) in [4.78, 5) is 0. The van der Waals surface area contributed by atoms with Gasteiger partial charge >= 0.3 is 0 Å². The normalized spacial score (nSPS) is 11.7. The third kappa shape index (κ3) is 5.63. The van der Waals surface area contributed by atoms with Gasteiger partial charge in [-0.25, -0.2) is 0 Å². The summed E-state index contributed by atoms with van der Waals surface area (Å²) in [5, 5.41) is 0.728. The van der Waals surface area contributed by atoms with E-state index in [2.05, 4.69) is 43.3 Å². The van der Waals surface area contributed by atoms with Crippen LogP contribution in [0.5, 0.6) is 11.5 Å². The smallest absolute Gasteiger partial charge is 0.119 e. The molecule has 0 aliphatic heterocycles. The molecule has 0 aliphatic rings. The molecular formula is C25H26ClNO2. The highest BCUT2D eigenvalue weighted by Gasteiger charge is 2.11. The van der Waals surface area contributed by atoms with Gasteiger partial charge in [0.1, 0.15) is 18.1 Å². The topological polar surface area (TPSA) is 44.5 Å². The molecule has 3 nitrogen and oxygen atoms in total. The standard InChI is InChI=1S/C25H26ClNO2/c1-18(17-19-3-11-23(28-2)12-4-19)25(20-5-9-22(26)10-6-20)21-7-13-24(14-8-21)29-16-15-27/h3-14H,15-17,27H2,1-2H3/b25-18+. The van der Waals surface area contributed by atoms with E-state index in [0.717, 1.165) is 34.1 Å². The Labute approximate surface area is 177 Å². The second-order valence-corrected chi connectivity index (χ2v) is 7.29. The van der Waals surface area contributed by atoms with Gasteiger partial charge in [-0.05, 0) is 72.0 Å². The molecule has 0 amide bonds. The number of rotatable bonds is 8. The van der Waals surface area contributed by atoms with Crippen LogP contribution in [-0.2, 0) is 6.42 Å². The van der Waals surface area contributed by atoms with Crippen LogP contribution in [0.3, 0.4) is 0 Å². The third-order valence-electron chi connectivity index (χ3n) is 4.72. The van der Waals surface area contributed by atoms with Crippen LogP contribution in [-0.4, -0.2) is 20.3 Å². The molecule has 3 rings (SSSR count). The van der Waals surface area contributed by atoms with E-state index < -0.39 is 0 Å². The highest BCUT2D eigenvalue weighted by molar-refractivity contribution is 6.30. The largest absolute Gasteiger partial charge is 0.497 e. The van der Waals surface area contributed by atoms with Crippen LogP contribution < -0.4 is 15.2 Å². The number of nitrogens with two attached hydrogens (primary N) is 1. The molecule has 0 unspecified atom stereocenters. The lowest BCUT2D eigenvalue weighted by molar-refractivity contribution is 0.328. The Bertz CT molecular complexity index is 946. The molecule has 0 radical (unpaired) electrons. The molecule has 0 atom stereocenters. The van der Waals surface area contributed by atoms with Crippen molar-refractivity contribution in [2.45, 2.75) is 13.3 Å². The zero-order valence-electron chi connectivity index (χ0n) is 16.8. The monoisotopic (exact) mass is 407 g/mol. The van der Waals surface area contributed by atoms with Crippen molar-refractivity contribution in [2.24, 2.45) is 5.73 Å². The summed E-state index contributed by atoms with van der Waals surface area (Å²) < 4.78 is 10.9. The maximum Gasteiger partial charge on any atom is 0.119 e. The van der Waals surface area contributed by atoms with Crippen LogP contribution >= 0.6 is 11.6 Å². The van der Waals surface area contributed by atoms with Gasteiger partial charge in [0.25, 0.3) is 0 Å². The second kappa shape index (κ2) is 10.1. The average molecular weight is 408 g/mol. The van der Waals surface area contributed by atoms with Crippen LogP contribution in [0.15, 0.2) is 78.4 Å². The van der Waals surface area contributed by atoms with E-state index in [-0.39, 0.29) is 0 Å². The zero-order valence-corrected chi connectivity index (χ0v) is 17.6. The Morgan fingerprint density at radius 3 is 1.93 bits per heavy atom. The fourth-order valence-corrected chi connectivity index (χ4v) is 3.43. The summed E-state index contributed by atoms with van der Waals surface area (Å²) in [6.45, 7) is 3.18. The van der Waals surface area contributed by atoms with Gasteiger partial charge in [-0.15, -0.1) is 0 Å². The molecule has 4 heteroatoms. The molecule has 0 spiro atoms. The van der Waals surface area contributed by atoms with Crippen molar-refractivity contribution in [3.05, 3.63) is 100 Å². The summed E-state index contributed by atoms with van der Waals surface area (Å²) in [5.74, 6) is 1.68. The lowest BCUT2D eigenvalue weighted by atomic mass is 9.90. The summed E-state index contributed by atoms with van der Waals surface area (Å²) in [5.41, 5.74) is 11.5.